The molecule has 1 rings (SSSR count). The Labute approximate surface area is 88.9 Å². The van der Waals surface area contributed by atoms with Gasteiger partial charge in [0.15, 0.2) is 0 Å². The summed E-state index contributed by atoms with van der Waals surface area (Å²) in [4.78, 5) is 0. The van der Waals surface area contributed by atoms with Crippen molar-refractivity contribution in [2.45, 2.75) is 13.0 Å². The monoisotopic (exact) mass is 213 g/mol. The molecule has 1 aromatic carbocycles. The van der Waals surface area contributed by atoms with Gasteiger partial charge in [-0.3, -0.25) is 0 Å². The minimum Gasteiger partial charge on any atom is -0.389 e. The molecule has 1 unspecified atom stereocenters. The van der Waals surface area contributed by atoms with Crippen molar-refractivity contribution in [2.75, 3.05) is 25.6 Å². The topological polar surface area (TPSA) is 41.5 Å². The van der Waals surface area contributed by atoms with Gasteiger partial charge < -0.3 is 15.2 Å². The molecule has 1 atom stereocenters. The number of anilines is 1. The minimum absolute atomic E-state index is 0.237. The number of benzene rings is 1. The lowest BCUT2D eigenvalue weighted by molar-refractivity contribution is 0.0727. The highest BCUT2D eigenvalue weighted by Crippen LogP contribution is 2.14. The van der Waals surface area contributed by atoms with Gasteiger partial charge in [0.25, 0.3) is 0 Å². The zero-order valence-electron chi connectivity index (χ0n) is 8.96. The first-order chi connectivity index (χ1) is 7.13. The van der Waals surface area contributed by atoms with Gasteiger partial charge in [-0.25, -0.2) is 4.39 Å². The van der Waals surface area contributed by atoms with Crippen LogP contribution in [0.1, 0.15) is 5.56 Å². The number of hydrogen-bond acceptors (Lipinski definition) is 3. The van der Waals surface area contributed by atoms with E-state index in [9.17, 15) is 9.50 Å². The molecule has 4 heteroatoms. The maximum Gasteiger partial charge on any atom is 0.146 e. The van der Waals surface area contributed by atoms with E-state index in [-0.39, 0.29) is 19.0 Å². The van der Waals surface area contributed by atoms with E-state index in [0.29, 0.717) is 5.69 Å². The van der Waals surface area contributed by atoms with Crippen molar-refractivity contribution in [1.82, 2.24) is 0 Å². The molecule has 15 heavy (non-hydrogen) atoms. The first kappa shape index (κ1) is 11.9. The third-order valence-corrected chi connectivity index (χ3v) is 2.01. The standard InChI is InChI=1S/C11H16FNO2/c1-8-3-4-11(10(12)5-8)13-6-9(14)7-15-2/h3-5,9,13-14H,6-7H2,1-2H3. The van der Waals surface area contributed by atoms with E-state index in [1.807, 2.05) is 13.0 Å². The Balaban J connectivity index is 2.50. The second-order valence-electron chi connectivity index (χ2n) is 3.47. The average Bonchev–Trinajstić information content (AvgIpc) is 2.17. The maximum absolute atomic E-state index is 13.3. The summed E-state index contributed by atoms with van der Waals surface area (Å²) in [6.07, 6.45) is -0.629. The second-order valence-corrected chi connectivity index (χ2v) is 3.47. The number of aliphatic hydroxyl groups is 1. The summed E-state index contributed by atoms with van der Waals surface area (Å²) in [5.41, 5.74) is 1.27. The summed E-state index contributed by atoms with van der Waals surface area (Å²) < 4.78 is 18.1. The number of rotatable bonds is 5. The van der Waals surface area contributed by atoms with Gasteiger partial charge in [-0.2, -0.15) is 0 Å². The number of aryl methyl sites for hydroxylation is 1. The van der Waals surface area contributed by atoms with Crippen LogP contribution in [0.4, 0.5) is 10.1 Å². The molecule has 1 aromatic rings. The van der Waals surface area contributed by atoms with E-state index in [1.54, 1.807) is 6.07 Å². The van der Waals surface area contributed by atoms with Crippen LogP contribution in [-0.4, -0.2) is 31.5 Å². The number of hydrogen-bond donors (Lipinski definition) is 2. The smallest absolute Gasteiger partial charge is 0.146 e. The lowest BCUT2D eigenvalue weighted by Crippen LogP contribution is -2.24. The van der Waals surface area contributed by atoms with Crippen LogP contribution in [0.5, 0.6) is 0 Å². The Kier molecular flexibility index (Phi) is 4.52. The molecule has 3 nitrogen and oxygen atoms in total. The van der Waals surface area contributed by atoms with Crippen molar-refractivity contribution >= 4 is 5.69 Å². The summed E-state index contributed by atoms with van der Waals surface area (Å²) in [5, 5.41) is 12.2. The maximum atomic E-state index is 13.3. The molecule has 84 valence electrons. The van der Waals surface area contributed by atoms with E-state index in [2.05, 4.69) is 5.32 Å². The average molecular weight is 213 g/mol. The van der Waals surface area contributed by atoms with E-state index in [1.165, 1.54) is 13.2 Å². The minimum atomic E-state index is -0.629. The summed E-state index contributed by atoms with van der Waals surface area (Å²) in [6.45, 7) is 2.33. The molecule has 0 fully saturated rings. The van der Waals surface area contributed by atoms with Gasteiger partial charge in [0.05, 0.1) is 18.4 Å². The molecule has 2 N–H and O–H groups in total. The van der Waals surface area contributed by atoms with Gasteiger partial charge in [0.2, 0.25) is 0 Å². The van der Waals surface area contributed by atoms with Gasteiger partial charge in [-0.1, -0.05) is 6.07 Å². The number of halogens is 1. The van der Waals surface area contributed by atoms with E-state index >= 15 is 0 Å². The highest BCUT2D eigenvalue weighted by molar-refractivity contribution is 5.46. The Morgan fingerprint density at radius 2 is 2.27 bits per heavy atom. The second kappa shape index (κ2) is 5.68. The number of nitrogens with one attached hydrogen (secondary N) is 1. The van der Waals surface area contributed by atoms with Crippen LogP contribution < -0.4 is 5.32 Å². The summed E-state index contributed by atoms with van der Waals surface area (Å²) in [7, 11) is 1.51. The van der Waals surface area contributed by atoms with Crippen molar-refractivity contribution in [3.63, 3.8) is 0 Å². The normalized spacial score (nSPS) is 12.5. The zero-order valence-corrected chi connectivity index (χ0v) is 8.96. The third kappa shape index (κ3) is 3.85. The molecular formula is C11H16FNO2. The van der Waals surface area contributed by atoms with Crippen molar-refractivity contribution < 1.29 is 14.2 Å². The van der Waals surface area contributed by atoms with Crippen LogP contribution in [0, 0.1) is 12.7 Å². The number of aliphatic hydroxyl groups excluding tert-OH is 1. The van der Waals surface area contributed by atoms with Gasteiger partial charge in [-0.05, 0) is 24.6 Å². The molecule has 0 saturated heterocycles. The fourth-order valence-electron chi connectivity index (χ4n) is 1.24. The Bertz CT molecular complexity index is 317. The molecule has 0 aliphatic rings. The van der Waals surface area contributed by atoms with Gasteiger partial charge >= 0.3 is 0 Å². The zero-order chi connectivity index (χ0) is 11.3. The Morgan fingerprint density at radius 1 is 1.53 bits per heavy atom. The summed E-state index contributed by atoms with van der Waals surface area (Å²) in [6, 6.07) is 4.92. The van der Waals surface area contributed by atoms with Crippen molar-refractivity contribution in [1.29, 1.82) is 0 Å². The first-order valence-electron chi connectivity index (χ1n) is 4.80. The summed E-state index contributed by atoms with van der Waals surface area (Å²) in [5.74, 6) is -0.306. The molecule has 0 aliphatic heterocycles. The summed E-state index contributed by atoms with van der Waals surface area (Å²) >= 11 is 0. The van der Waals surface area contributed by atoms with Crippen LogP contribution in [0.2, 0.25) is 0 Å². The third-order valence-electron chi connectivity index (χ3n) is 2.01. The highest BCUT2D eigenvalue weighted by atomic mass is 19.1. The van der Waals surface area contributed by atoms with Crippen LogP contribution in [0.25, 0.3) is 0 Å². The fraction of sp³-hybridized carbons (Fsp3) is 0.455. The van der Waals surface area contributed by atoms with Gasteiger partial charge in [0, 0.05) is 13.7 Å². The first-order valence-corrected chi connectivity index (χ1v) is 4.80. The molecule has 0 bridgehead atoms. The highest BCUT2D eigenvalue weighted by Gasteiger charge is 2.05. The van der Waals surface area contributed by atoms with Gasteiger partial charge in [-0.15, -0.1) is 0 Å². The van der Waals surface area contributed by atoms with Crippen molar-refractivity contribution in [2.24, 2.45) is 0 Å². The predicted octanol–water partition coefficient (Wildman–Crippen LogP) is 1.55. The largest absolute Gasteiger partial charge is 0.389 e. The predicted molar refractivity (Wildman–Crippen MR) is 57.5 cm³/mol. The van der Waals surface area contributed by atoms with E-state index < -0.39 is 6.10 Å². The van der Waals surface area contributed by atoms with E-state index in [4.69, 9.17) is 4.74 Å². The molecular weight excluding hydrogens is 197 g/mol. The van der Waals surface area contributed by atoms with Crippen molar-refractivity contribution in [3.8, 4) is 0 Å². The molecule has 0 aliphatic carbocycles. The molecule has 0 saturated carbocycles. The molecule has 0 spiro atoms. The molecule has 0 radical (unpaired) electrons. The van der Waals surface area contributed by atoms with Crippen LogP contribution in [0.15, 0.2) is 18.2 Å². The van der Waals surface area contributed by atoms with Crippen LogP contribution in [0.3, 0.4) is 0 Å². The Hall–Kier alpha value is -1.13. The number of methoxy groups -OCH3 is 1. The SMILES string of the molecule is COCC(O)CNc1ccc(C)cc1F. The number of ether oxygens (including phenoxy) is 1. The van der Waals surface area contributed by atoms with Crippen LogP contribution in [-0.2, 0) is 4.74 Å². The molecule has 0 amide bonds. The molecule has 0 heterocycles. The van der Waals surface area contributed by atoms with Crippen LogP contribution >= 0.6 is 0 Å². The lowest BCUT2D eigenvalue weighted by atomic mass is 10.2. The Morgan fingerprint density at radius 3 is 2.87 bits per heavy atom. The van der Waals surface area contributed by atoms with Crippen molar-refractivity contribution in [3.05, 3.63) is 29.6 Å². The molecule has 0 aromatic heterocycles. The van der Waals surface area contributed by atoms with Gasteiger partial charge in [0.1, 0.15) is 5.82 Å². The fourth-order valence-corrected chi connectivity index (χ4v) is 1.24. The lowest BCUT2D eigenvalue weighted by Gasteiger charge is -2.12. The van der Waals surface area contributed by atoms with E-state index in [0.717, 1.165) is 5.56 Å². The quantitative estimate of drug-likeness (QED) is 0.779.